The number of likely N-dealkylation sites (tertiary alicyclic amines) is 1. The average Bonchev–Trinajstić information content (AvgIpc) is 3.10. The predicted octanol–water partition coefficient (Wildman–Crippen LogP) is 5.20. The molecule has 0 saturated carbocycles. The molecule has 0 spiro atoms. The van der Waals surface area contributed by atoms with Gasteiger partial charge in [-0.05, 0) is 37.6 Å². The third kappa shape index (κ3) is 3.45. The Morgan fingerprint density at radius 2 is 1.84 bits per heavy atom. The van der Waals surface area contributed by atoms with Crippen molar-refractivity contribution < 1.29 is 14.7 Å². The first-order valence-electron chi connectivity index (χ1n) is 10.6. The van der Waals surface area contributed by atoms with E-state index in [-0.39, 0.29) is 36.0 Å². The first-order chi connectivity index (χ1) is 15.0. The fraction of sp³-hybridized carbons (Fsp3) is 0.280. The van der Waals surface area contributed by atoms with Gasteiger partial charge in [0, 0.05) is 40.6 Å². The Kier molecular flexibility index (Phi) is 5.10. The average molecular weight is 433 g/mol. The van der Waals surface area contributed by atoms with Gasteiger partial charge in [0.2, 0.25) is 5.91 Å². The molecule has 31 heavy (non-hydrogen) atoms. The summed E-state index contributed by atoms with van der Waals surface area (Å²) in [5.41, 5.74) is 2.15. The Morgan fingerprint density at radius 1 is 1.10 bits per heavy atom. The zero-order chi connectivity index (χ0) is 21.5. The van der Waals surface area contributed by atoms with Crippen molar-refractivity contribution in [2.45, 2.75) is 30.7 Å². The number of aliphatic hydroxyl groups excluding tert-OH is 1. The summed E-state index contributed by atoms with van der Waals surface area (Å²) in [6.45, 7) is 2.10. The van der Waals surface area contributed by atoms with Gasteiger partial charge in [-0.3, -0.25) is 14.2 Å². The number of piperidine rings is 1. The number of hydrogen-bond donors (Lipinski definition) is 1. The van der Waals surface area contributed by atoms with Crippen molar-refractivity contribution in [3.63, 3.8) is 0 Å². The fourth-order valence-electron chi connectivity index (χ4n) is 4.94. The Hall–Kier alpha value is -2.99. The normalized spacial score (nSPS) is 22.4. The van der Waals surface area contributed by atoms with E-state index in [1.54, 1.807) is 23.3 Å². The van der Waals surface area contributed by atoms with Crippen LogP contribution in [0.2, 0.25) is 0 Å². The number of aliphatic hydroxyl groups is 1. The monoisotopic (exact) mass is 432 g/mol. The van der Waals surface area contributed by atoms with Crippen molar-refractivity contribution in [3.8, 4) is 0 Å². The number of hydrogen-bond acceptors (Lipinski definition) is 4. The molecule has 0 radical (unpaired) electrons. The molecule has 0 aliphatic carbocycles. The molecular weight excluding hydrogens is 408 g/mol. The lowest BCUT2D eigenvalue weighted by Crippen LogP contribution is -2.44. The summed E-state index contributed by atoms with van der Waals surface area (Å²) in [6, 6.07) is 19.8. The number of nitrogens with zero attached hydrogens (tertiary/aromatic N) is 2. The number of fused-ring (bicyclic) bond motifs is 6. The summed E-state index contributed by atoms with van der Waals surface area (Å²) in [4.78, 5) is 29.7. The molecule has 5 rings (SSSR count). The minimum atomic E-state index is -0.258. The standard InChI is InChI=1S/C25H24N2O3S/c1-16(28)24-18-14-21(26(25(24)30)11-12-31-19-8-3-2-4-9-19)22-13-17-7-5-6-10-20(17)27(22)23(29)15-18/h2-10,13,18,21,28H,11-12,14-15H2,1H3/b24-16-/t18-,21+/m1/s1. The predicted molar refractivity (Wildman–Crippen MR) is 122 cm³/mol. The molecule has 1 amide bonds. The number of para-hydroxylation sites is 1. The second kappa shape index (κ2) is 7.93. The highest BCUT2D eigenvalue weighted by atomic mass is 32.2. The van der Waals surface area contributed by atoms with Gasteiger partial charge < -0.3 is 10.0 Å². The summed E-state index contributed by atoms with van der Waals surface area (Å²) in [6.07, 6.45) is 0.880. The lowest BCUT2D eigenvalue weighted by molar-refractivity contribution is -0.132. The molecule has 0 unspecified atom stereocenters. The number of thioether (sulfide) groups is 1. The molecule has 6 heteroatoms. The Bertz CT molecular complexity index is 1190. The summed E-state index contributed by atoms with van der Waals surface area (Å²) in [5, 5.41) is 11.3. The molecule has 158 valence electrons. The Balaban J connectivity index is 1.54. The van der Waals surface area contributed by atoms with Gasteiger partial charge in [-0.25, -0.2) is 0 Å². The van der Waals surface area contributed by atoms with Crippen LogP contribution in [0.15, 0.2) is 76.9 Å². The van der Waals surface area contributed by atoms with E-state index in [0.29, 0.717) is 18.5 Å². The highest BCUT2D eigenvalue weighted by Crippen LogP contribution is 2.44. The van der Waals surface area contributed by atoms with Crippen LogP contribution in [-0.2, 0) is 4.79 Å². The summed E-state index contributed by atoms with van der Waals surface area (Å²) in [7, 11) is 0. The van der Waals surface area contributed by atoms with Gasteiger partial charge in [0.15, 0.2) is 0 Å². The van der Waals surface area contributed by atoms with E-state index in [1.165, 1.54) is 0 Å². The van der Waals surface area contributed by atoms with Gasteiger partial charge in [-0.2, -0.15) is 0 Å². The van der Waals surface area contributed by atoms with Crippen LogP contribution in [0, 0.1) is 5.92 Å². The Labute approximate surface area is 185 Å². The van der Waals surface area contributed by atoms with E-state index in [2.05, 4.69) is 12.1 Å². The molecule has 2 atom stereocenters. The largest absolute Gasteiger partial charge is 0.512 e. The summed E-state index contributed by atoms with van der Waals surface area (Å²) >= 11 is 1.70. The second-order valence-electron chi connectivity index (χ2n) is 8.17. The minimum absolute atomic E-state index is 0.0178. The van der Waals surface area contributed by atoms with Crippen molar-refractivity contribution in [3.05, 3.63) is 77.7 Å². The van der Waals surface area contributed by atoms with Crippen molar-refractivity contribution in [1.29, 1.82) is 0 Å². The smallest absolute Gasteiger partial charge is 0.254 e. The van der Waals surface area contributed by atoms with E-state index < -0.39 is 0 Å². The van der Waals surface area contributed by atoms with Gasteiger partial charge in [-0.15, -0.1) is 11.8 Å². The molecular formula is C25H24N2O3S. The third-order valence-electron chi connectivity index (χ3n) is 6.27. The minimum Gasteiger partial charge on any atom is -0.512 e. The highest BCUT2D eigenvalue weighted by molar-refractivity contribution is 7.99. The number of amides is 1. The number of carbonyl (C=O) groups is 2. The lowest BCUT2D eigenvalue weighted by Gasteiger charge is -2.39. The van der Waals surface area contributed by atoms with Gasteiger partial charge in [0.1, 0.15) is 0 Å². The number of aromatic nitrogens is 1. The zero-order valence-corrected chi connectivity index (χ0v) is 18.1. The lowest BCUT2D eigenvalue weighted by atomic mass is 9.82. The maximum absolute atomic E-state index is 13.5. The van der Waals surface area contributed by atoms with Gasteiger partial charge in [0.25, 0.3) is 5.91 Å². The zero-order valence-electron chi connectivity index (χ0n) is 17.3. The number of allylic oxidation sites excluding steroid dienone is 1. The molecule has 2 aliphatic heterocycles. The van der Waals surface area contributed by atoms with E-state index in [9.17, 15) is 14.7 Å². The van der Waals surface area contributed by atoms with Crippen LogP contribution in [0.5, 0.6) is 0 Å². The molecule has 1 saturated heterocycles. The quantitative estimate of drug-likeness (QED) is 0.350. The molecule has 3 heterocycles. The first kappa shape index (κ1) is 19.9. The fourth-order valence-corrected chi connectivity index (χ4v) is 5.81. The van der Waals surface area contributed by atoms with Crippen LogP contribution in [0.1, 0.15) is 36.3 Å². The SMILES string of the molecule is C/C(O)=C1/C(=O)N(CCSc2ccccc2)[C@H]2C[C@@H]1CC(=O)n1c2cc2ccccc21. The topological polar surface area (TPSA) is 62.5 Å². The van der Waals surface area contributed by atoms with Gasteiger partial charge in [-0.1, -0.05) is 36.4 Å². The van der Waals surface area contributed by atoms with E-state index >= 15 is 0 Å². The molecule has 1 fully saturated rings. The van der Waals surface area contributed by atoms with E-state index in [4.69, 9.17) is 0 Å². The van der Waals surface area contributed by atoms with Crippen molar-refractivity contribution in [1.82, 2.24) is 9.47 Å². The van der Waals surface area contributed by atoms with Gasteiger partial charge >= 0.3 is 0 Å². The molecule has 2 aliphatic rings. The van der Waals surface area contributed by atoms with E-state index in [1.807, 2.05) is 53.4 Å². The maximum atomic E-state index is 13.5. The summed E-state index contributed by atoms with van der Waals surface area (Å²) < 4.78 is 1.79. The molecule has 1 aromatic heterocycles. The third-order valence-corrected chi connectivity index (χ3v) is 7.26. The second-order valence-corrected chi connectivity index (χ2v) is 9.34. The number of carbonyl (C=O) groups excluding carboxylic acids is 2. The van der Waals surface area contributed by atoms with Crippen LogP contribution >= 0.6 is 11.8 Å². The van der Waals surface area contributed by atoms with Crippen molar-refractivity contribution >= 4 is 34.5 Å². The number of benzene rings is 2. The van der Waals surface area contributed by atoms with Crippen LogP contribution in [0.4, 0.5) is 0 Å². The van der Waals surface area contributed by atoms with Crippen molar-refractivity contribution in [2.24, 2.45) is 5.92 Å². The van der Waals surface area contributed by atoms with Crippen LogP contribution in [0.3, 0.4) is 0 Å². The Morgan fingerprint density at radius 3 is 2.61 bits per heavy atom. The maximum Gasteiger partial charge on any atom is 0.254 e. The molecule has 3 aromatic rings. The molecule has 5 nitrogen and oxygen atoms in total. The summed E-state index contributed by atoms with van der Waals surface area (Å²) in [5.74, 6) is 0.338. The van der Waals surface area contributed by atoms with Crippen LogP contribution in [0.25, 0.3) is 10.9 Å². The highest BCUT2D eigenvalue weighted by Gasteiger charge is 2.44. The van der Waals surface area contributed by atoms with Crippen LogP contribution < -0.4 is 0 Å². The van der Waals surface area contributed by atoms with Crippen LogP contribution in [-0.4, -0.2) is 38.7 Å². The number of rotatable bonds is 4. The molecule has 1 N–H and O–H groups in total. The molecule has 2 aromatic carbocycles. The van der Waals surface area contributed by atoms with Gasteiger partial charge in [0.05, 0.1) is 22.9 Å². The van der Waals surface area contributed by atoms with Crippen molar-refractivity contribution in [2.75, 3.05) is 12.3 Å². The molecule has 2 bridgehead atoms. The first-order valence-corrected chi connectivity index (χ1v) is 11.6. The van der Waals surface area contributed by atoms with E-state index in [0.717, 1.165) is 27.2 Å².